The summed E-state index contributed by atoms with van der Waals surface area (Å²) in [7, 11) is 1.79. The minimum Gasteiger partial charge on any atom is -0.504 e. The van der Waals surface area contributed by atoms with Crippen LogP contribution in [0.15, 0.2) is 23.0 Å². The van der Waals surface area contributed by atoms with E-state index in [0.29, 0.717) is 10.9 Å². The van der Waals surface area contributed by atoms with Gasteiger partial charge in [0, 0.05) is 18.1 Å². The molecule has 0 saturated heterocycles. The third-order valence-corrected chi connectivity index (χ3v) is 2.59. The predicted molar refractivity (Wildman–Crippen MR) is 71.5 cm³/mol. The van der Waals surface area contributed by atoms with Crippen molar-refractivity contribution in [3.63, 3.8) is 0 Å². The Kier molecular flexibility index (Phi) is 3.14. The molecule has 96 valence electrons. The summed E-state index contributed by atoms with van der Waals surface area (Å²) in [5, 5.41) is 13.6. The summed E-state index contributed by atoms with van der Waals surface area (Å²) in [6, 6.07) is 5.31. The van der Waals surface area contributed by atoms with E-state index in [1.807, 2.05) is 6.07 Å². The maximum absolute atomic E-state index is 11.8. The van der Waals surface area contributed by atoms with Gasteiger partial charge in [0.15, 0.2) is 5.75 Å². The van der Waals surface area contributed by atoms with Crippen molar-refractivity contribution in [2.75, 3.05) is 12.4 Å². The van der Waals surface area contributed by atoms with Gasteiger partial charge in [-0.05, 0) is 32.0 Å². The first-order chi connectivity index (χ1) is 8.52. The number of nitrogens with one attached hydrogen (secondary N) is 2. The molecule has 0 atom stereocenters. The first-order valence-electron chi connectivity index (χ1n) is 5.76. The van der Waals surface area contributed by atoms with Crippen molar-refractivity contribution in [1.29, 1.82) is 0 Å². The summed E-state index contributed by atoms with van der Waals surface area (Å²) in [6.45, 7) is 3.60. The molecule has 1 heterocycles. The van der Waals surface area contributed by atoms with Crippen LogP contribution < -0.4 is 15.6 Å². The molecule has 0 radical (unpaired) electrons. The molecule has 0 bridgehead atoms. The van der Waals surface area contributed by atoms with Crippen LogP contribution in [0, 0.1) is 0 Å². The fraction of sp³-hybridized carbons (Fsp3) is 0.308. The Balaban J connectivity index is 2.67. The number of rotatable bonds is 3. The number of aromatic nitrogens is 1. The van der Waals surface area contributed by atoms with E-state index in [1.54, 1.807) is 33.0 Å². The topological polar surface area (TPSA) is 74.3 Å². The average molecular weight is 248 g/mol. The van der Waals surface area contributed by atoms with Gasteiger partial charge in [0.1, 0.15) is 0 Å². The van der Waals surface area contributed by atoms with Gasteiger partial charge in [-0.1, -0.05) is 0 Å². The maximum atomic E-state index is 11.8. The first-order valence-corrected chi connectivity index (χ1v) is 5.76. The number of aromatic hydroxyl groups is 1. The molecule has 0 aliphatic carbocycles. The Morgan fingerprint density at radius 1 is 1.39 bits per heavy atom. The van der Waals surface area contributed by atoms with Gasteiger partial charge >= 0.3 is 0 Å². The fourth-order valence-corrected chi connectivity index (χ4v) is 1.76. The van der Waals surface area contributed by atoms with Crippen LogP contribution in [0.25, 0.3) is 10.9 Å². The van der Waals surface area contributed by atoms with E-state index in [-0.39, 0.29) is 17.6 Å². The van der Waals surface area contributed by atoms with Crippen molar-refractivity contribution in [2.45, 2.75) is 20.0 Å². The number of benzene rings is 1. The lowest BCUT2D eigenvalue weighted by molar-refractivity contribution is 0.229. The number of anilines is 1. The minimum absolute atomic E-state index is 0.0327. The summed E-state index contributed by atoms with van der Waals surface area (Å²) in [4.78, 5) is 14.5. The fourth-order valence-electron chi connectivity index (χ4n) is 1.76. The molecular weight excluding hydrogens is 232 g/mol. The van der Waals surface area contributed by atoms with Crippen molar-refractivity contribution in [3.05, 3.63) is 28.6 Å². The van der Waals surface area contributed by atoms with E-state index >= 15 is 0 Å². The average Bonchev–Trinajstić information content (AvgIpc) is 2.33. The molecule has 0 unspecified atom stereocenters. The molecule has 5 heteroatoms. The van der Waals surface area contributed by atoms with Crippen molar-refractivity contribution in [2.24, 2.45) is 0 Å². The largest absolute Gasteiger partial charge is 0.504 e. The zero-order valence-corrected chi connectivity index (χ0v) is 10.6. The highest BCUT2D eigenvalue weighted by Crippen LogP contribution is 2.31. The van der Waals surface area contributed by atoms with Crippen molar-refractivity contribution >= 4 is 16.6 Å². The minimum atomic E-state index is -0.429. The Bertz CT molecular complexity index is 632. The molecular formula is C13H16N2O3. The molecule has 2 rings (SSSR count). The van der Waals surface area contributed by atoms with Gasteiger partial charge < -0.3 is 20.1 Å². The van der Waals surface area contributed by atoms with Crippen molar-refractivity contribution in [3.8, 4) is 11.5 Å². The van der Waals surface area contributed by atoms with Crippen LogP contribution >= 0.6 is 0 Å². The number of hydrogen-bond acceptors (Lipinski definition) is 4. The molecule has 0 spiro atoms. The number of ether oxygens (including phenoxy) is 1. The summed E-state index contributed by atoms with van der Waals surface area (Å²) < 4.78 is 5.33. The molecule has 0 aliphatic rings. The van der Waals surface area contributed by atoms with E-state index in [1.165, 1.54) is 0 Å². The lowest BCUT2D eigenvalue weighted by Crippen LogP contribution is -2.16. The highest BCUT2D eigenvalue weighted by atomic mass is 16.5. The smallest absolute Gasteiger partial charge is 0.294 e. The molecule has 3 N–H and O–H groups in total. The number of aromatic amines is 1. The number of H-pyrrole nitrogens is 1. The van der Waals surface area contributed by atoms with Gasteiger partial charge in [-0.2, -0.15) is 0 Å². The third kappa shape index (κ3) is 2.11. The van der Waals surface area contributed by atoms with E-state index in [4.69, 9.17) is 4.74 Å². The quantitative estimate of drug-likeness (QED) is 0.777. The highest BCUT2D eigenvalue weighted by Gasteiger charge is 2.14. The second kappa shape index (κ2) is 4.60. The van der Waals surface area contributed by atoms with Crippen LogP contribution in [-0.4, -0.2) is 23.2 Å². The van der Waals surface area contributed by atoms with Gasteiger partial charge in [0.25, 0.3) is 5.56 Å². The molecule has 1 aromatic heterocycles. The van der Waals surface area contributed by atoms with E-state index in [2.05, 4.69) is 10.3 Å². The third-order valence-electron chi connectivity index (χ3n) is 2.59. The number of hydrogen-bond donors (Lipinski definition) is 3. The summed E-state index contributed by atoms with van der Waals surface area (Å²) in [5.41, 5.74) is 0.998. The summed E-state index contributed by atoms with van der Waals surface area (Å²) >= 11 is 0. The Morgan fingerprint density at radius 2 is 2.11 bits per heavy atom. The standard InChI is InChI=1S/C13H16N2O3/c1-7(2)18-12-11(16)9-5-4-8(14-3)6-10(9)15-13(12)17/h4-7,14H,1-3H3,(H2,15,16,17). The molecule has 0 aliphatic heterocycles. The van der Waals surface area contributed by atoms with Crippen LogP contribution in [0.4, 0.5) is 5.69 Å². The second-order valence-corrected chi connectivity index (χ2v) is 4.31. The Labute approximate surface area is 104 Å². The lowest BCUT2D eigenvalue weighted by atomic mass is 10.1. The van der Waals surface area contributed by atoms with Crippen LogP contribution in [0.1, 0.15) is 13.8 Å². The van der Waals surface area contributed by atoms with Crippen molar-refractivity contribution in [1.82, 2.24) is 4.98 Å². The van der Waals surface area contributed by atoms with Crippen LogP contribution in [0.2, 0.25) is 0 Å². The van der Waals surface area contributed by atoms with E-state index in [0.717, 1.165) is 5.69 Å². The Morgan fingerprint density at radius 3 is 2.72 bits per heavy atom. The number of fused-ring (bicyclic) bond motifs is 1. The molecule has 1 aromatic carbocycles. The monoisotopic (exact) mass is 248 g/mol. The summed E-state index contributed by atoms with van der Waals surface area (Å²) in [6.07, 6.45) is -0.175. The van der Waals surface area contributed by atoms with Crippen LogP contribution in [0.3, 0.4) is 0 Å². The lowest BCUT2D eigenvalue weighted by Gasteiger charge is -2.12. The van der Waals surface area contributed by atoms with E-state index < -0.39 is 5.56 Å². The van der Waals surface area contributed by atoms with E-state index in [9.17, 15) is 9.90 Å². The van der Waals surface area contributed by atoms with Gasteiger partial charge in [-0.15, -0.1) is 0 Å². The molecule has 0 amide bonds. The molecule has 2 aromatic rings. The Hall–Kier alpha value is -2.17. The number of pyridine rings is 1. The summed E-state index contributed by atoms with van der Waals surface area (Å²) in [5.74, 6) is -0.153. The van der Waals surface area contributed by atoms with Gasteiger partial charge in [0.2, 0.25) is 5.75 Å². The molecule has 0 fully saturated rings. The maximum Gasteiger partial charge on any atom is 0.294 e. The van der Waals surface area contributed by atoms with Gasteiger partial charge in [-0.3, -0.25) is 4.79 Å². The zero-order valence-electron chi connectivity index (χ0n) is 10.6. The van der Waals surface area contributed by atoms with Gasteiger partial charge in [-0.25, -0.2) is 0 Å². The molecule has 18 heavy (non-hydrogen) atoms. The zero-order chi connectivity index (χ0) is 13.3. The SMILES string of the molecule is CNc1ccc2c(O)c(OC(C)C)c(=O)[nH]c2c1. The molecule has 0 saturated carbocycles. The molecule has 5 nitrogen and oxygen atoms in total. The van der Waals surface area contributed by atoms with Crippen LogP contribution in [0.5, 0.6) is 11.5 Å². The van der Waals surface area contributed by atoms with Crippen LogP contribution in [-0.2, 0) is 0 Å². The first kappa shape index (κ1) is 12.3. The highest BCUT2D eigenvalue weighted by molar-refractivity contribution is 5.89. The normalized spacial score (nSPS) is 10.9. The second-order valence-electron chi connectivity index (χ2n) is 4.31. The van der Waals surface area contributed by atoms with Gasteiger partial charge in [0.05, 0.1) is 11.6 Å². The van der Waals surface area contributed by atoms with Crippen molar-refractivity contribution < 1.29 is 9.84 Å². The predicted octanol–water partition coefficient (Wildman–Crippen LogP) is 2.06.